The molecule has 2 aliphatic heterocycles. The summed E-state index contributed by atoms with van der Waals surface area (Å²) in [5.74, 6) is -0.210. The van der Waals surface area contributed by atoms with Gasteiger partial charge in [0.15, 0.2) is 0 Å². The van der Waals surface area contributed by atoms with Crippen LogP contribution < -0.4 is 5.73 Å². The van der Waals surface area contributed by atoms with Gasteiger partial charge in [-0.25, -0.2) is 4.39 Å². The fourth-order valence-corrected chi connectivity index (χ4v) is 3.15. The summed E-state index contributed by atoms with van der Waals surface area (Å²) < 4.78 is 18.7. The zero-order valence-corrected chi connectivity index (χ0v) is 11.7. The molecule has 0 aliphatic carbocycles. The van der Waals surface area contributed by atoms with E-state index in [4.69, 9.17) is 10.5 Å². The van der Waals surface area contributed by atoms with Gasteiger partial charge in [-0.05, 0) is 30.2 Å². The summed E-state index contributed by atoms with van der Waals surface area (Å²) >= 11 is 0. The Labute approximate surface area is 119 Å². The second-order valence-electron chi connectivity index (χ2n) is 5.67. The van der Waals surface area contributed by atoms with E-state index in [1.165, 1.54) is 12.5 Å². The highest BCUT2D eigenvalue weighted by Gasteiger charge is 2.28. The molecule has 5 heteroatoms. The zero-order valence-electron chi connectivity index (χ0n) is 11.7. The van der Waals surface area contributed by atoms with Crippen molar-refractivity contribution in [2.75, 3.05) is 45.1 Å². The smallest absolute Gasteiger partial charge is 0.123 e. The number of nitrogens with zero attached hydrogens (tertiary/aromatic N) is 2. The van der Waals surface area contributed by atoms with Crippen LogP contribution in [-0.4, -0.2) is 55.2 Å². The van der Waals surface area contributed by atoms with E-state index in [-0.39, 0.29) is 5.82 Å². The first-order valence-corrected chi connectivity index (χ1v) is 7.30. The molecule has 0 spiro atoms. The van der Waals surface area contributed by atoms with Crippen LogP contribution in [0.4, 0.5) is 10.1 Å². The SMILES string of the molecule is Nc1ccc(F)cc1CN1CCC(N2CCOCC2)C1. The predicted octanol–water partition coefficient (Wildman–Crippen LogP) is 1.31. The van der Waals surface area contributed by atoms with E-state index in [0.717, 1.165) is 51.5 Å². The second-order valence-corrected chi connectivity index (χ2v) is 5.67. The van der Waals surface area contributed by atoms with E-state index in [9.17, 15) is 4.39 Å². The monoisotopic (exact) mass is 279 g/mol. The van der Waals surface area contributed by atoms with Gasteiger partial charge >= 0.3 is 0 Å². The van der Waals surface area contributed by atoms with Gasteiger partial charge in [-0.1, -0.05) is 0 Å². The van der Waals surface area contributed by atoms with Gasteiger partial charge in [-0.2, -0.15) is 0 Å². The quantitative estimate of drug-likeness (QED) is 0.847. The van der Waals surface area contributed by atoms with Gasteiger partial charge < -0.3 is 10.5 Å². The van der Waals surface area contributed by atoms with Crippen LogP contribution in [-0.2, 0) is 11.3 Å². The van der Waals surface area contributed by atoms with Crippen molar-refractivity contribution in [1.82, 2.24) is 9.80 Å². The van der Waals surface area contributed by atoms with Crippen LogP contribution in [0.3, 0.4) is 0 Å². The first kappa shape index (κ1) is 13.8. The lowest BCUT2D eigenvalue weighted by Crippen LogP contribution is -2.44. The molecule has 2 N–H and O–H groups in total. The number of nitrogen functional groups attached to an aromatic ring is 1. The molecule has 0 radical (unpaired) electrons. The third kappa shape index (κ3) is 3.11. The molecule has 3 rings (SSSR count). The Kier molecular flexibility index (Phi) is 4.19. The highest BCUT2D eigenvalue weighted by molar-refractivity contribution is 5.46. The third-order valence-corrected chi connectivity index (χ3v) is 4.31. The molecule has 0 aromatic heterocycles. The van der Waals surface area contributed by atoms with Gasteiger partial charge in [-0.15, -0.1) is 0 Å². The fourth-order valence-electron chi connectivity index (χ4n) is 3.15. The minimum atomic E-state index is -0.210. The van der Waals surface area contributed by atoms with E-state index in [2.05, 4.69) is 9.80 Å². The Hall–Kier alpha value is -1.17. The van der Waals surface area contributed by atoms with Crippen molar-refractivity contribution in [2.45, 2.75) is 19.0 Å². The lowest BCUT2D eigenvalue weighted by Gasteiger charge is -2.32. The Bertz CT molecular complexity index is 462. The molecule has 1 atom stereocenters. The van der Waals surface area contributed by atoms with E-state index in [1.807, 2.05) is 0 Å². The number of anilines is 1. The molecule has 2 fully saturated rings. The van der Waals surface area contributed by atoms with Crippen molar-refractivity contribution in [2.24, 2.45) is 0 Å². The molecule has 0 saturated carbocycles. The number of ether oxygens (including phenoxy) is 1. The predicted molar refractivity (Wildman–Crippen MR) is 76.9 cm³/mol. The number of hydrogen-bond acceptors (Lipinski definition) is 4. The summed E-state index contributed by atoms with van der Waals surface area (Å²) in [6.45, 7) is 6.57. The van der Waals surface area contributed by atoms with Crippen LogP contribution in [0.2, 0.25) is 0 Å². The van der Waals surface area contributed by atoms with E-state index < -0.39 is 0 Å². The number of morpholine rings is 1. The standard InChI is InChI=1S/C15H22FN3O/c16-13-1-2-15(17)12(9-13)10-18-4-3-14(11-18)19-5-7-20-8-6-19/h1-2,9,14H,3-8,10-11,17H2. The number of halogens is 1. The summed E-state index contributed by atoms with van der Waals surface area (Å²) in [6, 6.07) is 5.23. The summed E-state index contributed by atoms with van der Waals surface area (Å²) in [5.41, 5.74) is 7.50. The molecular weight excluding hydrogens is 257 g/mol. The van der Waals surface area contributed by atoms with Gasteiger partial charge in [-0.3, -0.25) is 9.80 Å². The van der Waals surface area contributed by atoms with Gasteiger partial charge in [0.2, 0.25) is 0 Å². The summed E-state index contributed by atoms with van der Waals surface area (Å²) in [5, 5.41) is 0. The van der Waals surface area contributed by atoms with Crippen LogP contribution in [0, 0.1) is 5.82 Å². The van der Waals surface area contributed by atoms with E-state index >= 15 is 0 Å². The maximum Gasteiger partial charge on any atom is 0.123 e. The summed E-state index contributed by atoms with van der Waals surface area (Å²) in [7, 11) is 0. The van der Waals surface area contributed by atoms with Gasteiger partial charge in [0.25, 0.3) is 0 Å². The number of hydrogen-bond donors (Lipinski definition) is 1. The molecule has 0 bridgehead atoms. The largest absolute Gasteiger partial charge is 0.398 e. The van der Waals surface area contributed by atoms with Crippen LogP contribution in [0.15, 0.2) is 18.2 Å². The van der Waals surface area contributed by atoms with E-state index in [1.54, 1.807) is 12.1 Å². The van der Waals surface area contributed by atoms with Gasteiger partial charge in [0.05, 0.1) is 13.2 Å². The molecule has 20 heavy (non-hydrogen) atoms. The lowest BCUT2D eigenvalue weighted by molar-refractivity contribution is 0.0184. The molecule has 2 aliphatic rings. The Balaban J connectivity index is 1.58. The Morgan fingerprint density at radius 2 is 2.05 bits per heavy atom. The van der Waals surface area contributed by atoms with Crippen molar-refractivity contribution < 1.29 is 9.13 Å². The molecule has 1 aromatic rings. The maximum atomic E-state index is 13.3. The highest BCUT2D eigenvalue weighted by Crippen LogP contribution is 2.21. The number of rotatable bonds is 3. The minimum absolute atomic E-state index is 0.210. The van der Waals surface area contributed by atoms with Crippen LogP contribution in [0.1, 0.15) is 12.0 Å². The average Bonchev–Trinajstić information content (AvgIpc) is 2.92. The number of nitrogens with two attached hydrogens (primary N) is 1. The third-order valence-electron chi connectivity index (χ3n) is 4.31. The lowest BCUT2D eigenvalue weighted by atomic mass is 10.1. The molecule has 2 saturated heterocycles. The molecule has 0 amide bonds. The normalized spacial score (nSPS) is 25.1. The van der Waals surface area contributed by atoms with Gasteiger partial charge in [0.1, 0.15) is 5.82 Å². The molecule has 1 aromatic carbocycles. The van der Waals surface area contributed by atoms with Crippen LogP contribution in [0.25, 0.3) is 0 Å². The molecule has 2 heterocycles. The molecule has 4 nitrogen and oxygen atoms in total. The molecular formula is C15H22FN3O. The van der Waals surface area contributed by atoms with Crippen molar-refractivity contribution in [3.8, 4) is 0 Å². The van der Waals surface area contributed by atoms with Crippen molar-refractivity contribution in [3.63, 3.8) is 0 Å². The topological polar surface area (TPSA) is 41.7 Å². The minimum Gasteiger partial charge on any atom is -0.398 e. The highest BCUT2D eigenvalue weighted by atomic mass is 19.1. The van der Waals surface area contributed by atoms with Crippen molar-refractivity contribution >= 4 is 5.69 Å². The van der Waals surface area contributed by atoms with Crippen LogP contribution >= 0.6 is 0 Å². The second kappa shape index (κ2) is 6.08. The van der Waals surface area contributed by atoms with Crippen molar-refractivity contribution in [3.05, 3.63) is 29.6 Å². The van der Waals surface area contributed by atoms with E-state index in [0.29, 0.717) is 11.7 Å². The molecule has 1 unspecified atom stereocenters. The first-order valence-electron chi connectivity index (χ1n) is 7.30. The van der Waals surface area contributed by atoms with Gasteiger partial charge in [0, 0.05) is 44.5 Å². The first-order chi connectivity index (χ1) is 9.72. The average molecular weight is 279 g/mol. The Morgan fingerprint density at radius 1 is 1.25 bits per heavy atom. The number of likely N-dealkylation sites (tertiary alicyclic amines) is 1. The van der Waals surface area contributed by atoms with Crippen molar-refractivity contribution in [1.29, 1.82) is 0 Å². The number of benzene rings is 1. The summed E-state index contributed by atoms with van der Waals surface area (Å²) in [6.07, 6.45) is 1.18. The zero-order chi connectivity index (χ0) is 13.9. The fraction of sp³-hybridized carbons (Fsp3) is 0.600. The van der Waals surface area contributed by atoms with Crippen LogP contribution in [0.5, 0.6) is 0 Å². The Morgan fingerprint density at radius 3 is 2.85 bits per heavy atom. The maximum absolute atomic E-state index is 13.3. The molecule has 110 valence electrons. The summed E-state index contributed by atoms with van der Waals surface area (Å²) in [4.78, 5) is 4.88.